The van der Waals surface area contributed by atoms with Crippen molar-refractivity contribution in [3.05, 3.63) is 77.6 Å². The molecule has 4 aromatic rings. The second-order valence-corrected chi connectivity index (χ2v) is 8.98. The maximum atomic E-state index is 12.6. The summed E-state index contributed by atoms with van der Waals surface area (Å²) >= 11 is 2.40. The van der Waals surface area contributed by atoms with Crippen molar-refractivity contribution < 1.29 is 19.1 Å². The van der Waals surface area contributed by atoms with E-state index in [4.69, 9.17) is 9.47 Å². The molecule has 0 bridgehead atoms. The second-order valence-electron chi connectivity index (χ2n) is 7.18. The monoisotopic (exact) mass is 509 g/mol. The number of ether oxygens (including phenoxy) is 2. The summed E-state index contributed by atoms with van der Waals surface area (Å²) in [6, 6.07) is 19.2. The number of para-hydroxylation sites is 2. The molecule has 0 aliphatic carbocycles. The molecule has 0 saturated carbocycles. The molecule has 0 aliphatic rings. The van der Waals surface area contributed by atoms with Gasteiger partial charge in [-0.15, -0.1) is 21.5 Å². The number of carbonyl (C=O) groups is 2. The number of amides is 1. The van der Waals surface area contributed by atoms with Crippen LogP contribution in [0.5, 0.6) is 5.75 Å². The van der Waals surface area contributed by atoms with Gasteiger partial charge in [-0.3, -0.25) is 9.36 Å². The van der Waals surface area contributed by atoms with Crippen LogP contribution in [0.2, 0.25) is 0 Å². The van der Waals surface area contributed by atoms with Crippen LogP contribution >= 0.6 is 23.1 Å². The van der Waals surface area contributed by atoms with E-state index < -0.39 is 5.97 Å². The highest BCUT2D eigenvalue weighted by molar-refractivity contribution is 7.99. The van der Waals surface area contributed by atoms with E-state index in [1.807, 2.05) is 72.2 Å². The molecule has 4 rings (SSSR count). The summed E-state index contributed by atoms with van der Waals surface area (Å²) in [4.78, 5) is 28.4. The number of hydrogen-bond donors (Lipinski definition) is 1. The van der Waals surface area contributed by atoms with Gasteiger partial charge < -0.3 is 14.8 Å². The topological polar surface area (TPSA) is 108 Å². The third kappa shape index (κ3) is 6.25. The summed E-state index contributed by atoms with van der Waals surface area (Å²) < 4.78 is 12.9. The first-order chi connectivity index (χ1) is 17.0. The summed E-state index contributed by atoms with van der Waals surface area (Å²) in [7, 11) is 0. The molecular weight excluding hydrogens is 486 g/mol. The molecule has 180 valence electrons. The Morgan fingerprint density at radius 1 is 1.09 bits per heavy atom. The Bertz CT molecular complexity index is 1280. The third-order valence-electron chi connectivity index (χ3n) is 4.66. The van der Waals surface area contributed by atoms with E-state index in [9.17, 15) is 9.59 Å². The Balaban J connectivity index is 1.47. The Morgan fingerprint density at radius 2 is 1.80 bits per heavy atom. The smallest absolute Gasteiger partial charge is 0.357 e. The molecule has 0 spiro atoms. The van der Waals surface area contributed by atoms with Crippen LogP contribution in [0.25, 0.3) is 5.69 Å². The number of thiazole rings is 1. The van der Waals surface area contributed by atoms with Crippen LogP contribution in [0.15, 0.2) is 71.2 Å². The van der Waals surface area contributed by atoms with Gasteiger partial charge in [0.05, 0.1) is 12.4 Å². The van der Waals surface area contributed by atoms with Gasteiger partial charge in [0.15, 0.2) is 27.9 Å². The molecule has 1 N–H and O–H groups in total. The van der Waals surface area contributed by atoms with Gasteiger partial charge in [-0.1, -0.05) is 48.2 Å². The number of hydrogen-bond acceptors (Lipinski definition) is 9. The SMILES string of the molecule is CCOC(=O)c1csc(NC(=O)CSc2nnc([C@H](C)Oc3ccccc3)n2-c2ccccc2)n1. The standard InChI is InChI=1S/C24H23N5O4S2/c1-3-32-22(31)19-14-34-23(25-19)26-20(30)15-35-24-28-27-21(29(24)17-10-6-4-7-11-17)16(2)33-18-12-8-5-9-13-18/h4-14,16H,3,15H2,1-2H3,(H,25,26,30)/t16-/m0/s1. The van der Waals surface area contributed by atoms with E-state index in [0.717, 1.165) is 22.8 Å². The van der Waals surface area contributed by atoms with Crippen LogP contribution in [0, 0.1) is 0 Å². The van der Waals surface area contributed by atoms with Crippen molar-refractivity contribution >= 4 is 40.1 Å². The molecule has 0 radical (unpaired) electrons. The van der Waals surface area contributed by atoms with E-state index in [1.54, 1.807) is 12.3 Å². The third-order valence-corrected chi connectivity index (χ3v) is 6.35. The number of thioether (sulfide) groups is 1. The average molecular weight is 510 g/mol. The quantitative estimate of drug-likeness (QED) is 0.241. The van der Waals surface area contributed by atoms with Crippen molar-refractivity contribution in [3.8, 4) is 11.4 Å². The maximum absolute atomic E-state index is 12.6. The average Bonchev–Trinajstić information content (AvgIpc) is 3.51. The molecular formula is C24H23N5O4S2. The Morgan fingerprint density at radius 3 is 2.51 bits per heavy atom. The summed E-state index contributed by atoms with van der Waals surface area (Å²) in [6.45, 7) is 3.88. The van der Waals surface area contributed by atoms with Crippen molar-refractivity contribution in [2.75, 3.05) is 17.7 Å². The van der Waals surface area contributed by atoms with Gasteiger partial charge in [-0.05, 0) is 38.1 Å². The molecule has 2 heterocycles. The molecule has 1 atom stereocenters. The van der Waals surface area contributed by atoms with Gasteiger partial charge in [-0.2, -0.15) is 0 Å². The molecule has 0 aliphatic heterocycles. The first kappa shape index (κ1) is 24.4. The van der Waals surface area contributed by atoms with Crippen LogP contribution in [0.4, 0.5) is 5.13 Å². The molecule has 1 amide bonds. The van der Waals surface area contributed by atoms with Gasteiger partial charge in [-0.25, -0.2) is 9.78 Å². The maximum Gasteiger partial charge on any atom is 0.357 e. The molecule has 35 heavy (non-hydrogen) atoms. The van der Waals surface area contributed by atoms with Crippen LogP contribution in [0.1, 0.15) is 36.3 Å². The normalized spacial score (nSPS) is 11.6. The van der Waals surface area contributed by atoms with E-state index in [1.165, 1.54) is 11.8 Å². The predicted octanol–water partition coefficient (Wildman–Crippen LogP) is 4.77. The van der Waals surface area contributed by atoms with Gasteiger partial charge in [0.25, 0.3) is 0 Å². The fourth-order valence-corrected chi connectivity index (χ4v) is 4.58. The van der Waals surface area contributed by atoms with Crippen LogP contribution in [0.3, 0.4) is 0 Å². The summed E-state index contributed by atoms with van der Waals surface area (Å²) in [5, 5.41) is 13.8. The molecule has 11 heteroatoms. The van der Waals surface area contributed by atoms with Crippen LogP contribution in [-0.2, 0) is 9.53 Å². The highest BCUT2D eigenvalue weighted by Crippen LogP contribution is 2.28. The lowest BCUT2D eigenvalue weighted by Gasteiger charge is -2.16. The number of anilines is 1. The Labute approximate surface area is 210 Å². The zero-order valence-corrected chi connectivity index (χ0v) is 20.7. The number of nitrogens with one attached hydrogen (secondary N) is 1. The molecule has 2 aromatic carbocycles. The highest BCUT2D eigenvalue weighted by atomic mass is 32.2. The highest BCUT2D eigenvalue weighted by Gasteiger charge is 2.22. The minimum absolute atomic E-state index is 0.0766. The lowest BCUT2D eigenvalue weighted by atomic mass is 10.3. The fourth-order valence-electron chi connectivity index (χ4n) is 3.13. The van der Waals surface area contributed by atoms with E-state index >= 15 is 0 Å². The number of nitrogens with zero attached hydrogens (tertiary/aromatic N) is 4. The van der Waals surface area contributed by atoms with Crippen molar-refractivity contribution in [3.63, 3.8) is 0 Å². The first-order valence-corrected chi connectivity index (χ1v) is 12.7. The van der Waals surface area contributed by atoms with Gasteiger partial charge in [0.2, 0.25) is 5.91 Å². The molecule has 2 aromatic heterocycles. The van der Waals surface area contributed by atoms with E-state index in [0.29, 0.717) is 16.1 Å². The number of aromatic nitrogens is 4. The lowest BCUT2D eigenvalue weighted by Crippen LogP contribution is -2.15. The molecule has 9 nitrogen and oxygen atoms in total. The molecule has 0 saturated heterocycles. The first-order valence-electron chi connectivity index (χ1n) is 10.8. The number of carbonyl (C=O) groups excluding carboxylic acids is 2. The van der Waals surface area contributed by atoms with E-state index in [2.05, 4.69) is 20.5 Å². The van der Waals surface area contributed by atoms with Crippen molar-refractivity contribution in [2.24, 2.45) is 0 Å². The summed E-state index contributed by atoms with van der Waals surface area (Å²) in [5.74, 6) is 0.614. The Hall–Kier alpha value is -3.70. The van der Waals surface area contributed by atoms with Gasteiger partial charge >= 0.3 is 5.97 Å². The predicted molar refractivity (Wildman–Crippen MR) is 134 cm³/mol. The number of rotatable bonds is 10. The summed E-state index contributed by atoms with van der Waals surface area (Å²) in [5.41, 5.74) is 1.03. The number of esters is 1. The zero-order chi connectivity index (χ0) is 24.6. The van der Waals surface area contributed by atoms with Gasteiger partial charge in [0.1, 0.15) is 5.75 Å². The second kappa shape index (κ2) is 11.6. The molecule has 0 unspecified atom stereocenters. The summed E-state index contributed by atoms with van der Waals surface area (Å²) in [6.07, 6.45) is -0.384. The fraction of sp³-hybridized carbons (Fsp3) is 0.208. The van der Waals surface area contributed by atoms with Crippen molar-refractivity contribution in [1.29, 1.82) is 0 Å². The van der Waals surface area contributed by atoms with Crippen molar-refractivity contribution in [2.45, 2.75) is 25.1 Å². The largest absolute Gasteiger partial charge is 0.483 e. The van der Waals surface area contributed by atoms with Crippen LogP contribution < -0.4 is 10.1 Å². The van der Waals surface area contributed by atoms with E-state index in [-0.39, 0.29) is 30.1 Å². The zero-order valence-electron chi connectivity index (χ0n) is 19.1. The van der Waals surface area contributed by atoms with Crippen LogP contribution in [-0.4, -0.2) is 44.0 Å². The minimum atomic E-state index is -0.519. The lowest BCUT2D eigenvalue weighted by molar-refractivity contribution is -0.113. The van der Waals surface area contributed by atoms with Crippen molar-refractivity contribution in [1.82, 2.24) is 19.7 Å². The minimum Gasteiger partial charge on any atom is -0.483 e. The number of benzene rings is 2. The molecule has 0 fully saturated rings. The Kier molecular flexibility index (Phi) is 8.11. The van der Waals surface area contributed by atoms with Gasteiger partial charge in [0, 0.05) is 11.1 Å².